The number of carbonyl (C=O) groups is 1. The Morgan fingerprint density at radius 3 is 2.84 bits per heavy atom. The van der Waals surface area contributed by atoms with Crippen LogP contribution in [0.2, 0.25) is 0 Å². The predicted molar refractivity (Wildman–Crippen MR) is 76.6 cm³/mol. The fraction of sp³-hybridized carbons (Fsp3) is 0.154. The summed E-state index contributed by atoms with van der Waals surface area (Å²) < 4.78 is 15.2. The van der Waals surface area contributed by atoms with Gasteiger partial charge >= 0.3 is 0 Å². The molecule has 1 aromatic carbocycles. The molecule has 0 saturated heterocycles. The normalized spacial score (nSPS) is 10.5. The number of nitrogens with two attached hydrogens (primary N) is 1. The van der Waals surface area contributed by atoms with E-state index in [-0.39, 0.29) is 11.7 Å². The Morgan fingerprint density at radius 2 is 2.21 bits per heavy atom. The number of aryl methyl sites for hydroxylation is 1. The van der Waals surface area contributed by atoms with Gasteiger partial charge in [-0.1, -0.05) is 0 Å². The molecule has 100 valence electrons. The molecule has 0 aliphatic heterocycles. The van der Waals surface area contributed by atoms with E-state index in [9.17, 15) is 9.18 Å². The van der Waals surface area contributed by atoms with Gasteiger partial charge in [0.05, 0.1) is 10.2 Å². The van der Waals surface area contributed by atoms with Gasteiger partial charge in [-0.25, -0.2) is 4.39 Å². The molecule has 1 amide bonds. The summed E-state index contributed by atoms with van der Waals surface area (Å²) in [4.78, 5) is 12.1. The monoisotopic (exact) mass is 325 g/mol. The first-order valence-corrected chi connectivity index (χ1v) is 6.52. The quantitative estimate of drug-likeness (QED) is 0.910. The second-order valence-corrected chi connectivity index (χ2v) is 4.88. The molecule has 0 unspecified atom stereocenters. The van der Waals surface area contributed by atoms with Gasteiger partial charge in [0, 0.05) is 18.4 Å². The molecule has 0 fully saturated rings. The van der Waals surface area contributed by atoms with Gasteiger partial charge in [0.2, 0.25) is 0 Å². The number of anilines is 2. The summed E-state index contributed by atoms with van der Waals surface area (Å²) in [5.74, 6) is -0.656. The van der Waals surface area contributed by atoms with Crippen LogP contribution in [-0.4, -0.2) is 10.5 Å². The number of aromatic nitrogens is 1. The lowest BCUT2D eigenvalue weighted by Gasteiger charge is -2.08. The molecule has 0 aliphatic rings. The van der Waals surface area contributed by atoms with Gasteiger partial charge in [-0.05, 0) is 47.1 Å². The number of hydrogen-bond acceptors (Lipinski definition) is 2. The molecule has 6 heteroatoms. The Bertz CT molecular complexity index is 624. The Hall–Kier alpha value is -1.82. The molecule has 2 rings (SSSR count). The molecule has 3 N–H and O–H groups in total. The van der Waals surface area contributed by atoms with E-state index >= 15 is 0 Å². The van der Waals surface area contributed by atoms with Crippen molar-refractivity contribution in [2.45, 2.75) is 13.5 Å². The predicted octanol–water partition coefficient (Wildman–Crippen LogP) is 3.24. The minimum Gasteiger partial charge on any atom is -0.397 e. The average Bonchev–Trinajstić information content (AvgIpc) is 2.75. The fourth-order valence-corrected chi connectivity index (χ4v) is 2.13. The first-order chi connectivity index (χ1) is 9.01. The number of benzene rings is 1. The molecular weight excluding hydrogens is 313 g/mol. The molecule has 1 aromatic heterocycles. The van der Waals surface area contributed by atoms with Gasteiger partial charge in [-0.15, -0.1) is 0 Å². The number of amides is 1. The summed E-state index contributed by atoms with van der Waals surface area (Å²) in [5.41, 5.74) is 7.19. The number of nitrogens with one attached hydrogen (secondary N) is 1. The van der Waals surface area contributed by atoms with Crippen molar-refractivity contribution in [1.82, 2.24) is 4.57 Å². The van der Waals surface area contributed by atoms with Crippen molar-refractivity contribution in [1.29, 1.82) is 0 Å². The lowest BCUT2D eigenvalue weighted by atomic mass is 10.3. The molecule has 0 saturated carbocycles. The maximum atomic E-state index is 13.1. The standard InChI is InChI=1S/C13H13BrFN3O/c1-2-18-7-8(16)5-12(18)13(19)17-9-3-4-11(15)10(14)6-9/h3-7H,2,16H2,1H3,(H,17,19). The Balaban J connectivity index is 2.22. The van der Waals surface area contributed by atoms with Crippen molar-refractivity contribution in [2.24, 2.45) is 0 Å². The fourth-order valence-electron chi connectivity index (χ4n) is 1.75. The minimum atomic E-state index is -0.376. The number of nitrogens with zero attached hydrogens (tertiary/aromatic N) is 1. The SMILES string of the molecule is CCn1cc(N)cc1C(=O)Nc1ccc(F)c(Br)c1. The van der Waals surface area contributed by atoms with Crippen LogP contribution >= 0.6 is 15.9 Å². The van der Waals surface area contributed by atoms with Crippen LogP contribution in [0.15, 0.2) is 34.9 Å². The van der Waals surface area contributed by atoms with Gasteiger partial charge in [0.15, 0.2) is 0 Å². The zero-order valence-corrected chi connectivity index (χ0v) is 11.9. The molecular formula is C13H13BrFN3O. The molecule has 0 bridgehead atoms. The van der Waals surface area contributed by atoms with Crippen LogP contribution in [0.25, 0.3) is 0 Å². The summed E-state index contributed by atoms with van der Waals surface area (Å²) >= 11 is 3.07. The molecule has 1 heterocycles. The first-order valence-electron chi connectivity index (χ1n) is 5.73. The van der Waals surface area contributed by atoms with E-state index in [1.807, 2.05) is 6.92 Å². The van der Waals surface area contributed by atoms with Crippen molar-refractivity contribution in [3.8, 4) is 0 Å². The second kappa shape index (κ2) is 5.44. The highest BCUT2D eigenvalue weighted by Crippen LogP contribution is 2.21. The number of rotatable bonds is 3. The van der Waals surface area contributed by atoms with E-state index in [4.69, 9.17) is 5.73 Å². The highest BCUT2D eigenvalue weighted by Gasteiger charge is 2.12. The van der Waals surface area contributed by atoms with Crippen molar-refractivity contribution in [3.63, 3.8) is 0 Å². The number of carbonyl (C=O) groups excluding carboxylic acids is 1. The van der Waals surface area contributed by atoms with E-state index < -0.39 is 0 Å². The third-order valence-corrected chi connectivity index (χ3v) is 3.28. The molecule has 0 radical (unpaired) electrons. The number of halogens is 2. The third kappa shape index (κ3) is 2.96. The van der Waals surface area contributed by atoms with Gasteiger partial charge in [-0.3, -0.25) is 4.79 Å². The van der Waals surface area contributed by atoms with Crippen LogP contribution in [0.5, 0.6) is 0 Å². The van der Waals surface area contributed by atoms with Gasteiger partial charge < -0.3 is 15.6 Å². The van der Waals surface area contributed by atoms with Gasteiger partial charge in [0.1, 0.15) is 11.5 Å². The van der Waals surface area contributed by atoms with Crippen molar-refractivity contribution in [2.75, 3.05) is 11.1 Å². The first kappa shape index (κ1) is 13.6. The van der Waals surface area contributed by atoms with Crippen molar-refractivity contribution in [3.05, 3.63) is 46.4 Å². The summed E-state index contributed by atoms with van der Waals surface area (Å²) in [6.45, 7) is 2.57. The van der Waals surface area contributed by atoms with Crippen LogP contribution in [0.1, 0.15) is 17.4 Å². The van der Waals surface area contributed by atoms with Crippen molar-refractivity contribution >= 4 is 33.2 Å². The highest BCUT2D eigenvalue weighted by atomic mass is 79.9. The van der Waals surface area contributed by atoms with Crippen LogP contribution in [0.3, 0.4) is 0 Å². The smallest absolute Gasteiger partial charge is 0.272 e. The van der Waals surface area contributed by atoms with Gasteiger partial charge in [-0.2, -0.15) is 0 Å². The molecule has 4 nitrogen and oxygen atoms in total. The second-order valence-electron chi connectivity index (χ2n) is 4.03. The molecule has 0 atom stereocenters. The van der Waals surface area contributed by atoms with Crippen LogP contribution in [0, 0.1) is 5.82 Å². The molecule has 19 heavy (non-hydrogen) atoms. The third-order valence-electron chi connectivity index (χ3n) is 2.67. The van der Waals surface area contributed by atoms with E-state index in [1.54, 1.807) is 16.8 Å². The highest BCUT2D eigenvalue weighted by molar-refractivity contribution is 9.10. The van der Waals surface area contributed by atoms with Crippen LogP contribution in [0.4, 0.5) is 15.8 Å². The van der Waals surface area contributed by atoms with E-state index in [0.717, 1.165) is 0 Å². The summed E-state index contributed by atoms with van der Waals surface area (Å²) in [6.07, 6.45) is 1.70. The zero-order valence-electron chi connectivity index (χ0n) is 10.3. The minimum absolute atomic E-state index is 0.281. The Labute approximate surface area is 118 Å². The lowest BCUT2D eigenvalue weighted by molar-refractivity contribution is 0.101. The number of hydrogen-bond donors (Lipinski definition) is 2. The van der Waals surface area contributed by atoms with Gasteiger partial charge in [0.25, 0.3) is 5.91 Å². The Kier molecular flexibility index (Phi) is 3.90. The molecule has 0 spiro atoms. The summed E-state index contributed by atoms with van der Waals surface area (Å²) in [6, 6.07) is 5.90. The number of nitrogen functional groups attached to an aromatic ring is 1. The van der Waals surface area contributed by atoms with E-state index in [1.165, 1.54) is 18.2 Å². The maximum Gasteiger partial charge on any atom is 0.272 e. The average molecular weight is 326 g/mol. The van der Waals surface area contributed by atoms with E-state index in [0.29, 0.717) is 28.1 Å². The molecule has 0 aliphatic carbocycles. The lowest BCUT2D eigenvalue weighted by Crippen LogP contribution is -2.16. The largest absolute Gasteiger partial charge is 0.397 e. The van der Waals surface area contributed by atoms with Crippen LogP contribution < -0.4 is 11.1 Å². The molecule has 2 aromatic rings. The van der Waals surface area contributed by atoms with Crippen molar-refractivity contribution < 1.29 is 9.18 Å². The summed E-state index contributed by atoms with van der Waals surface area (Å²) in [5, 5.41) is 2.70. The van der Waals surface area contributed by atoms with E-state index in [2.05, 4.69) is 21.2 Å². The maximum absolute atomic E-state index is 13.1. The zero-order chi connectivity index (χ0) is 14.0. The topological polar surface area (TPSA) is 60.0 Å². The van der Waals surface area contributed by atoms with Crippen LogP contribution in [-0.2, 0) is 6.54 Å². The summed E-state index contributed by atoms with van der Waals surface area (Å²) in [7, 11) is 0. The Morgan fingerprint density at radius 1 is 1.47 bits per heavy atom.